The molecule has 1 aliphatic heterocycles. The van der Waals surface area contributed by atoms with Crippen molar-refractivity contribution in [3.8, 4) is 0 Å². The smallest absolute Gasteiger partial charge is 0.244 e. The van der Waals surface area contributed by atoms with E-state index in [0.717, 1.165) is 19.3 Å². The molecule has 2 aliphatic rings. The molecular weight excluding hydrogens is 268 g/mol. The topological polar surface area (TPSA) is 32.3 Å². The normalized spacial score (nSPS) is 25.8. The largest absolute Gasteiger partial charge is 0.318 e. The highest BCUT2D eigenvalue weighted by Crippen LogP contribution is 2.48. The molecule has 4 heteroatoms. The summed E-state index contributed by atoms with van der Waals surface area (Å²) >= 11 is 1.80. The van der Waals surface area contributed by atoms with Crippen LogP contribution >= 0.6 is 11.3 Å². The van der Waals surface area contributed by atoms with Crippen LogP contribution in [0.1, 0.15) is 56.0 Å². The average Bonchev–Trinajstić information content (AvgIpc) is 2.91. The predicted octanol–water partition coefficient (Wildman–Crippen LogP) is 3.45. The van der Waals surface area contributed by atoms with Gasteiger partial charge < -0.3 is 4.90 Å². The lowest BCUT2D eigenvalue weighted by molar-refractivity contribution is -0.133. The first-order chi connectivity index (χ1) is 9.43. The number of carbonyl (C=O) groups excluding carboxylic acids is 1. The molecule has 0 bridgehead atoms. The summed E-state index contributed by atoms with van der Waals surface area (Å²) in [4.78, 5) is 17.5. The maximum absolute atomic E-state index is 12.8. The monoisotopic (exact) mass is 292 g/mol. The molecule has 3 nitrogen and oxygen atoms in total. The molecule has 0 aromatic carbocycles. The van der Waals surface area contributed by atoms with Crippen LogP contribution in [0.15, 0.2) is 12.1 Å². The van der Waals surface area contributed by atoms with E-state index in [-0.39, 0.29) is 11.7 Å². The Kier molecular flexibility index (Phi) is 3.41. The SMILES string of the molecule is Cc1ccc(C2NC3(CC3)C(=O)N2C(C)CC(C)C)s1. The van der Waals surface area contributed by atoms with Crippen molar-refractivity contribution in [3.05, 3.63) is 21.9 Å². The Bertz CT molecular complexity index is 518. The Labute approximate surface area is 125 Å². The molecule has 1 spiro atoms. The van der Waals surface area contributed by atoms with Gasteiger partial charge >= 0.3 is 0 Å². The third-order valence-corrected chi connectivity index (χ3v) is 5.46. The minimum Gasteiger partial charge on any atom is -0.318 e. The number of hydrogen-bond donors (Lipinski definition) is 1. The van der Waals surface area contributed by atoms with Gasteiger partial charge in [0.15, 0.2) is 0 Å². The highest BCUT2D eigenvalue weighted by Gasteiger charge is 2.60. The summed E-state index contributed by atoms with van der Waals surface area (Å²) in [5.74, 6) is 0.931. The molecule has 1 saturated heterocycles. The first kappa shape index (κ1) is 14.1. The Hall–Kier alpha value is -0.870. The minimum atomic E-state index is -0.228. The van der Waals surface area contributed by atoms with E-state index >= 15 is 0 Å². The van der Waals surface area contributed by atoms with Crippen molar-refractivity contribution >= 4 is 17.2 Å². The molecule has 1 aromatic rings. The summed E-state index contributed by atoms with van der Waals surface area (Å²) < 4.78 is 0. The van der Waals surface area contributed by atoms with Gasteiger partial charge in [0.2, 0.25) is 5.91 Å². The van der Waals surface area contributed by atoms with Crippen LogP contribution in [0, 0.1) is 12.8 Å². The van der Waals surface area contributed by atoms with Gasteiger partial charge in [-0.3, -0.25) is 10.1 Å². The zero-order valence-corrected chi connectivity index (χ0v) is 13.6. The molecule has 2 unspecified atom stereocenters. The van der Waals surface area contributed by atoms with Crippen molar-refractivity contribution in [2.24, 2.45) is 5.92 Å². The van der Waals surface area contributed by atoms with Crippen molar-refractivity contribution in [2.45, 2.75) is 64.7 Å². The third-order valence-electron chi connectivity index (χ3n) is 4.40. The van der Waals surface area contributed by atoms with Crippen LogP contribution in [0.4, 0.5) is 0 Å². The molecule has 1 aliphatic carbocycles. The first-order valence-electron chi connectivity index (χ1n) is 7.60. The lowest BCUT2D eigenvalue weighted by Crippen LogP contribution is -2.39. The summed E-state index contributed by atoms with van der Waals surface area (Å²) in [6.07, 6.45) is 3.14. The first-order valence-corrected chi connectivity index (χ1v) is 8.41. The van der Waals surface area contributed by atoms with Gasteiger partial charge in [0, 0.05) is 15.8 Å². The number of aryl methyl sites for hydroxylation is 1. The molecule has 1 amide bonds. The highest BCUT2D eigenvalue weighted by atomic mass is 32.1. The summed E-state index contributed by atoms with van der Waals surface area (Å²) in [6, 6.07) is 4.61. The standard InChI is InChI=1S/C16H24N2OS/c1-10(2)9-11(3)18-14(13-6-5-12(4)20-13)17-16(7-8-16)15(18)19/h5-6,10-11,14,17H,7-9H2,1-4H3. The maximum atomic E-state index is 12.8. The van der Waals surface area contributed by atoms with Gasteiger partial charge in [-0.2, -0.15) is 0 Å². The average molecular weight is 292 g/mol. The van der Waals surface area contributed by atoms with Crippen molar-refractivity contribution < 1.29 is 4.79 Å². The Morgan fingerprint density at radius 1 is 1.40 bits per heavy atom. The fourth-order valence-corrected chi connectivity index (χ4v) is 4.23. The molecule has 110 valence electrons. The Morgan fingerprint density at radius 3 is 2.60 bits per heavy atom. The van der Waals surface area contributed by atoms with Gasteiger partial charge in [0.1, 0.15) is 11.7 Å². The van der Waals surface area contributed by atoms with Gasteiger partial charge in [0.05, 0.1) is 0 Å². The zero-order chi connectivity index (χ0) is 14.5. The maximum Gasteiger partial charge on any atom is 0.244 e. The lowest BCUT2D eigenvalue weighted by atomic mass is 10.0. The summed E-state index contributed by atoms with van der Waals surface area (Å²) in [6.45, 7) is 8.76. The number of carbonyl (C=O) groups is 1. The zero-order valence-electron chi connectivity index (χ0n) is 12.8. The molecule has 2 fully saturated rings. The van der Waals surface area contributed by atoms with Gasteiger partial charge in [-0.15, -0.1) is 11.3 Å². The molecule has 20 heavy (non-hydrogen) atoms. The number of nitrogens with zero attached hydrogens (tertiary/aromatic N) is 1. The summed E-state index contributed by atoms with van der Waals surface area (Å²) in [5, 5.41) is 3.61. The van der Waals surface area contributed by atoms with Crippen LogP contribution in [0.25, 0.3) is 0 Å². The van der Waals surface area contributed by atoms with Crippen LogP contribution in [-0.2, 0) is 4.79 Å². The summed E-state index contributed by atoms with van der Waals surface area (Å²) in [7, 11) is 0. The van der Waals surface area contributed by atoms with Crippen LogP contribution < -0.4 is 5.32 Å². The number of thiophene rings is 1. The van der Waals surface area contributed by atoms with Gasteiger partial charge in [0.25, 0.3) is 0 Å². The lowest BCUT2D eigenvalue weighted by Gasteiger charge is -2.31. The second-order valence-corrected chi connectivity index (χ2v) is 8.09. The fourth-order valence-electron chi connectivity index (χ4n) is 3.30. The highest BCUT2D eigenvalue weighted by molar-refractivity contribution is 7.12. The number of nitrogens with one attached hydrogen (secondary N) is 1. The van der Waals surface area contributed by atoms with E-state index in [1.807, 2.05) is 0 Å². The quantitative estimate of drug-likeness (QED) is 0.922. The van der Waals surface area contributed by atoms with Crippen molar-refractivity contribution in [1.29, 1.82) is 0 Å². The second kappa shape index (κ2) is 4.85. The van der Waals surface area contributed by atoms with Gasteiger partial charge in [-0.05, 0) is 51.2 Å². The number of rotatable bonds is 4. The third kappa shape index (κ3) is 2.29. The molecule has 1 N–H and O–H groups in total. The predicted molar refractivity (Wildman–Crippen MR) is 82.7 cm³/mol. The second-order valence-electron chi connectivity index (χ2n) is 6.77. The van der Waals surface area contributed by atoms with E-state index in [0.29, 0.717) is 17.9 Å². The number of hydrogen-bond acceptors (Lipinski definition) is 3. The van der Waals surface area contributed by atoms with Gasteiger partial charge in [-0.1, -0.05) is 13.8 Å². The van der Waals surface area contributed by atoms with E-state index in [4.69, 9.17) is 0 Å². The van der Waals surface area contributed by atoms with E-state index in [2.05, 4.69) is 50.0 Å². The number of amides is 1. The van der Waals surface area contributed by atoms with Gasteiger partial charge in [-0.25, -0.2) is 0 Å². The summed E-state index contributed by atoms with van der Waals surface area (Å²) in [5.41, 5.74) is -0.228. The van der Waals surface area contributed by atoms with E-state index in [1.54, 1.807) is 11.3 Å². The van der Waals surface area contributed by atoms with Crippen LogP contribution in [0.2, 0.25) is 0 Å². The van der Waals surface area contributed by atoms with E-state index in [9.17, 15) is 4.79 Å². The molecule has 1 aromatic heterocycles. The molecule has 2 atom stereocenters. The molecular formula is C16H24N2OS. The van der Waals surface area contributed by atoms with Crippen LogP contribution in [0.5, 0.6) is 0 Å². The van der Waals surface area contributed by atoms with Crippen molar-refractivity contribution in [3.63, 3.8) is 0 Å². The minimum absolute atomic E-state index is 0.0810. The van der Waals surface area contributed by atoms with E-state index in [1.165, 1.54) is 9.75 Å². The molecule has 0 radical (unpaired) electrons. The fraction of sp³-hybridized carbons (Fsp3) is 0.688. The van der Waals surface area contributed by atoms with Crippen molar-refractivity contribution in [2.75, 3.05) is 0 Å². The Balaban J connectivity index is 1.88. The van der Waals surface area contributed by atoms with Crippen molar-refractivity contribution in [1.82, 2.24) is 10.2 Å². The molecule has 2 heterocycles. The molecule has 1 saturated carbocycles. The van der Waals surface area contributed by atoms with Crippen LogP contribution in [-0.4, -0.2) is 22.4 Å². The molecule has 3 rings (SSSR count). The van der Waals surface area contributed by atoms with E-state index < -0.39 is 0 Å². The van der Waals surface area contributed by atoms with Crippen LogP contribution in [0.3, 0.4) is 0 Å². The Morgan fingerprint density at radius 2 is 2.10 bits per heavy atom.